The summed E-state index contributed by atoms with van der Waals surface area (Å²) in [5, 5.41) is 5.22. The van der Waals surface area contributed by atoms with Crippen LogP contribution >= 0.6 is 0 Å². The number of fused-ring (bicyclic) bond motifs is 1. The third kappa shape index (κ3) is 5.93. The Hall–Kier alpha value is -4.96. The topological polar surface area (TPSA) is 135 Å². The maximum Gasteiger partial charge on any atom is 0.249 e. The number of ether oxygens (including phenoxy) is 1. The molecule has 44 heavy (non-hydrogen) atoms. The number of nitrogens with two attached hydrogens (primary N) is 2. The largest absolute Gasteiger partial charge is 0.487 e. The summed E-state index contributed by atoms with van der Waals surface area (Å²) in [6.07, 6.45) is 5.59. The number of aryl methyl sites for hydroxylation is 1. The molecule has 0 radical (unpaired) electrons. The number of anilines is 2. The molecule has 6 rings (SSSR count). The maximum absolute atomic E-state index is 16.6. The Balaban J connectivity index is 1.44. The number of halogens is 1. The minimum Gasteiger partial charge on any atom is -0.487 e. The molecule has 1 aliphatic rings. The summed E-state index contributed by atoms with van der Waals surface area (Å²) in [6, 6.07) is 17.6. The Bertz CT molecular complexity index is 1810. The lowest BCUT2D eigenvalue weighted by Gasteiger charge is -2.30. The highest BCUT2D eigenvalue weighted by molar-refractivity contribution is 5.99. The van der Waals surface area contributed by atoms with Crippen molar-refractivity contribution >= 4 is 28.2 Å². The van der Waals surface area contributed by atoms with E-state index in [1.54, 1.807) is 36.7 Å². The number of amides is 1. The lowest BCUT2D eigenvalue weighted by molar-refractivity contribution is 0.100. The smallest absolute Gasteiger partial charge is 0.249 e. The average Bonchev–Trinajstić information content (AvgIpc) is 3.52. The van der Waals surface area contributed by atoms with Gasteiger partial charge < -0.3 is 31.4 Å². The Morgan fingerprint density at radius 3 is 2.70 bits per heavy atom. The number of aromatic nitrogens is 3. The van der Waals surface area contributed by atoms with E-state index in [9.17, 15) is 4.79 Å². The van der Waals surface area contributed by atoms with Crippen LogP contribution in [-0.4, -0.2) is 52.0 Å². The van der Waals surface area contributed by atoms with Crippen LogP contribution in [-0.2, 0) is 6.42 Å². The molecule has 10 heteroatoms. The van der Waals surface area contributed by atoms with E-state index in [0.717, 1.165) is 48.0 Å². The zero-order valence-corrected chi connectivity index (χ0v) is 24.8. The van der Waals surface area contributed by atoms with Crippen molar-refractivity contribution in [2.24, 2.45) is 5.73 Å². The first-order valence-corrected chi connectivity index (χ1v) is 14.8. The van der Waals surface area contributed by atoms with Gasteiger partial charge in [-0.2, -0.15) is 0 Å². The summed E-state index contributed by atoms with van der Waals surface area (Å²) in [5.74, 6) is 0.152. The van der Waals surface area contributed by atoms with Gasteiger partial charge >= 0.3 is 0 Å². The summed E-state index contributed by atoms with van der Waals surface area (Å²) >= 11 is 0. The van der Waals surface area contributed by atoms with Crippen LogP contribution in [0.3, 0.4) is 0 Å². The van der Waals surface area contributed by atoms with Gasteiger partial charge in [-0.25, -0.2) is 14.4 Å². The molecule has 1 amide bonds. The molecule has 6 N–H and O–H groups in total. The summed E-state index contributed by atoms with van der Waals surface area (Å²) in [4.78, 5) is 26.6. The number of aromatic amines is 1. The van der Waals surface area contributed by atoms with E-state index in [1.807, 2.05) is 43.3 Å². The summed E-state index contributed by atoms with van der Waals surface area (Å²) in [7, 11) is 2.08. The predicted molar refractivity (Wildman–Crippen MR) is 171 cm³/mol. The number of benzene rings is 3. The standard InChI is InChI=1S/C34H36FN7O2/c1-3-20-16-27(30(35)29(17-20)44-23-11-14-42(2)15-12-23)31(40-22-8-9-24-21(18-22)10-13-38-32(24)36)34-39-19-28(41-34)25-6-4-5-7-26(25)33(37)43/h4-10,13,16-19,23,31,40H,3,11-12,14-15H2,1-2H3,(H2,36,38)(H2,37,43)(H,39,41). The second kappa shape index (κ2) is 12.3. The van der Waals surface area contributed by atoms with Crippen LogP contribution < -0.4 is 21.5 Å². The van der Waals surface area contributed by atoms with E-state index in [1.165, 1.54) is 0 Å². The normalized spacial score (nSPS) is 14.9. The molecule has 3 aromatic carbocycles. The van der Waals surface area contributed by atoms with Crippen molar-refractivity contribution in [3.8, 4) is 17.0 Å². The molecule has 1 fully saturated rings. The zero-order valence-electron chi connectivity index (χ0n) is 24.8. The number of likely N-dealkylation sites (tertiary alicyclic amines) is 1. The molecule has 2 aromatic heterocycles. The van der Waals surface area contributed by atoms with Gasteiger partial charge in [0.15, 0.2) is 11.6 Å². The maximum atomic E-state index is 16.6. The number of carbonyl (C=O) groups excluding carboxylic acids is 1. The summed E-state index contributed by atoms with van der Waals surface area (Å²) in [5.41, 5.74) is 15.4. The second-order valence-electron chi connectivity index (χ2n) is 11.3. The van der Waals surface area contributed by atoms with Gasteiger partial charge in [0.05, 0.1) is 11.9 Å². The molecule has 9 nitrogen and oxygen atoms in total. The third-order valence-electron chi connectivity index (χ3n) is 8.26. The number of hydrogen-bond acceptors (Lipinski definition) is 7. The molecular formula is C34H36FN7O2. The molecule has 5 aromatic rings. The van der Waals surface area contributed by atoms with Gasteiger partial charge in [0.25, 0.3) is 0 Å². The van der Waals surface area contributed by atoms with Crippen molar-refractivity contribution in [2.75, 3.05) is 31.2 Å². The highest BCUT2D eigenvalue weighted by Crippen LogP contribution is 2.36. The monoisotopic (exact) mass is 593 g/mol. The molecule has 0 bridgehead atoms. The molecule has 0 saturated carbocycles. The number of H-pyrrole nitrogens is 1. The number of primary amides is 1. The van der Waals surface area contributed by atoms with Crippen LogP contribution in [0.25, 0.3) is 22.0 Å². The van der Waals surface area contributed by atoms with E-state index in [0.29, 0.717) is 40.4 Å². The van der Waals surface area contributed by atoms with E-state index in [4.69, 9.17) is 16.2 Å². The van der Waals surface area contributed by atoms with E-state index in [-0.39, 0.29) is 11.9 Å². The predicted octanol–water partition coefficient (Wildman–Crippen LogP) is 5.68. The summed E-state index contributed by atoms with van der Waals surface area (Å²) < 4.78 is 22.9. The SMILES string of the molecule is CCc1cc(OC2CCN(C)CC2)c(F)c(C(Nc2ccc3c(N)nccc3c2)c2ncc(-c3ccccc3C(N)=O)[nH]2)c1. The number of nitrogens with zero attached hydrogens (tertiary/aromatic N) is 3. The first-order chi connectivity index (χ1) is 21.3. The van der Waals surface area contributed by atoms with Crippen molar-refractivity contribution in [2.45, 2.75) is 38.3 Å². The highest BCUT2D eigenvalue weighted by Gasteiger charge is 2.27. The fraction of sp³-hybridized carbons (Fsp3) is 0.265. The van der Waals surface area contributed by atoms with Crippen LogP contribution in [0.2, 0.25) is 0 Å². The Labute approximate surface area is 255 Å². The fourth-order valence-corrected chi connectivity index (χ4v) is 5.77. The van der Waals surface area contributed by atoms with Crippen molar-refractivity contribution in [1.82, 2.24) is 19.9 Å². The van der Waals surface area contributed by atoms with Crippen molar-refractivity contribution in [3.05, 3.63) is 101 Å². The first kappa shape index (κ1) is 29.1. The van der Waals surface area contributed by atoms with E-state index >= 15 is 4.39 Å². The number of hydrogen-bond donors (Lipinski definition) is 4. The van der Waals surface area contributed by atoms with E-state index in [2.05, 4.69) is 32.2 Å². The van der Waals surface area contributed by atoms with Crippen molar-refractivity contribution in [1.29, 1.82) is 0 Å². The molecule has 1 unspecified atom stereocenters. The van der Waals surface area contributed by atoms with Crippen LogP contribution in [0.5, 0.6) is 5.75 Å². The van der Waals surface area contributed by atoms with Gasteiger partial charge in [-0.1, -0.05) is 31.2 Å². The Morgan fingerprint density at radius 2 is 1.93 bits per heavy atom. The number of nitrogen functional groups attached to an aromatic ring is 1. The second-order valence-corrected chi connectivity index (χ2v) is 11.3. The van der Waals surface area contributed by atoms with Crippen LogP contribution in [0.4, 0.5) is 15.9 Å². The lowest BCUT2D eigenvalue weighted by atomic mass is 9.99. The van der Waals surface area contributed by atoms with Gasteiger partial charge in [-0.15, -0.1) is 0 Å². The van der Waals surface area contributed by atoms with Gasteiger partial charge in [-0.3, -0.25) is 4.79 Å². The average molecular weight is 594 g/mol. The number of pyridine rings is 1. The summed E-state index contributed by atoms with van der Waals surface area (Å²) in [6.45, 7) is 3.84. The molecule has 1 saturated heterocycles. The first-order valence-electron chi connectivity index (χ1n) is 14.8. The molecule has 3 heterocycles. The van der Waals surface area contributed by atoms with Crippen molar-refractivity contribution in [3.63, 3.8) is 0 Å². The molecule has 0 aliphatic carbocycles. The lowest BCUT2D eigenvalue weighted by Crippen LogP contribution is -2.35. The zero-order chi connectivity index (χ0) is 30.8. The van der Waals surface area contributed by atoms with Gasteiger partial charge in [0, 0.05) is 47.1 Å². The minimum atomic E-state index is -0.729. The molecule has 0 spiro atoms. The molecule has 1 atom stereocenters. The Morgan fingerprint density at radius 1 is 1.14 bits per heavy atom. The highest BCUT2D eigenvalue weighted by atomic mass is 19.1. The third-order valence-corrected chi connectivity index (χ3v) is 8.26. The molecular weight excluding hydrogens is 557 g/mol. The van der Waals surface area contributed by atoms with E-state index < -0.39 is 17.8 Å². The quantitative estimate of drug-likeness (QED) is 0.173. The number of carbonyl (C=O) groups is 1. The van der Waals surface area contributed by atoms with Crippen LogP contribution in [0.15, 0.2) is 73.1 Å². The van der Waals surface area contributed by atoms with Crippen molar-refractivity contribution < 1.29 is 13.9 Å². The number of rotatable bonds is 9. The number of nitrogens with one attached hydrogen (secondary N) is 2. The number of piperidine rings is 1. The minimum absolute atomic E-state index is 0.0628. The molecule has 1 aliphatic heterocycles. The van der Waals surface area contributed by atoms with Gasteiger partial charge in [0.2, 0.25) is 5.91 Å². The van der Waals surface area contributed by atoms with Crippen LogP contribution in [0, 0.1) is 5.82 Å². The Kier molecular flexibility index (Phi) is 8.17. The fourth-order valence-electron chi connectivity index (χ4n) is 5.77. The molecule has 226 valence electrons. The van der Waals surface area contributed by atoms with Gasteiger partial charge in [0.1, 0.15) is 23.8 Å². The van der Waals surface area contributed by atoms with Gasteiger partial charge in [-0.05, 0) is 73.7 Å². The van der Waals surface area contributed by atoms with Crippen LogP contribution in [0.1, 0.15) is 53.1 Å². The number of imidazole rings is 1.